The van der Waals surface area contributed by atoms with Crippen molar-refractivity contribution >= 4 is 5.91 Å². The van der Waals surface area contributed by atoms with E-state index in [1.807, 2.05) is 54.3 Å². The first-order valence-corrected chi connectivity index (χ1v) is 14.5. The highest BCUT2D eigenvalue weighted by Crippen LogP contribution is 2.31. The molecule has 5 rings (SSSR count). The number of amides is 1. The first-order chi connectivity index (χ1) is 19.9. The molecule has 4 aromatic carbocycles. The van der Waals surface area contributed by atoms with Crippen LogP contribution in [0, 0.1) is 5.92 Å². The number of ether oxygens (including phenoxy) is 1. The zero-order chi connectivity index (χ0) is 28.8. The summed E-state index contributed by atoms with van der Waals surface area (Å²) >= 11 is 0. The summed E-state index contributed by atoms with van der Waals surface area (Å²) in [5, 5.41) is 10.1. The molecule has 0 saturated heterocycles. The van der Waals surface area contributed by atoms with Gasteiger partial charge in [0.05, 0.1) is 25.4 Å². The molecule has 0 aromatic heterocycles. The Morgan fingerprint density at radius 1 is 0.854 bits per heavy atom. The number of likely N-dealkylation sites (N-methyl/N-ethyl adjacent to an activating group) is 1. The Morgan fingerprint density at radius 3 is 2.17 bits per heavy atom. The van der Waals surface area contributed by atoms with Gasteiger partial charge in [0.1, 0.15) is 0 Å². The Balaban J connectivity index is 1.39. The highest BCUT2D eigenvalue weighted by Gasteiger charge is 2.30. The van der Waals surface area contributed by atoms with Gasteiger partial charge in [0.25, 0.3) is 5.91 Å². The molecule has 1 aliphatic rings. The van der Waals surface area contributed by atoms with Crippen LogP contribution in [0.5, 0.6) is 0 Å². The van der Waals surface area contributed by atoms with E-state index in [0.29, 0.717) is 25.3 Å². The van der Waals surface area contributed by atoms with E-state index in [-0.39, 0.29) is 30.6 Å². The van der Waals surface area contributed by atoms with Crippen LogP contribution in [0.4, 0.5) is 0 Å². The van der Waals surface area contributed by atoms with Crippen molar-refractivity contribution in [2.24, 2.45) is 5.92 Å². The summed E-state index contributed by atoms with van der Waals surface area (Å²) in [6, 6.07) is 34.8. The number of fused-ring (bicyclic) bond motifs is 3. The van der Waals surface area contributed by atoms with Crippen molar-refractivity contribution in [2.75, 3.05) is 26.7 Å². The summed E-state index contributed by atoms with van der Waals surface area (Å²) < 4.78 is 6.67. The molecular weight excluding hydrogens is 508 g/mol. The molecule has 0 bridgehead atoms. The van der Waals surface area contributed by atoms with Crippen LogP contribution >= 0.6 is 0 Å². The van der Waals surface area contributed by atoms with Crippen LogP contribution < -0.4 is 0 Å². The van der Waals surface area contributed by atoms with Gasteiger partial charge in [0.2, 0.25) is 0 Å². The fourth-order valence-electron chi connectivity index (χ4n) is 5.67. The smallest absolute Gasteiger partial charge is 0.254 e. The molecule has 1 amide bonds. The van der Waals surface area contributed by atoms with Gasteiger partial charge in [-0.05, 0) is 53.4 Å². The van der Waals surface area contributed by atoms with Gasteiger partial charge in [-0.25, -0.2) is 0 Å². The van der Waals surface area contributed by atoms with Crippen molar-refractivity contribution < 1.29 is 14.6 Å². The van der Waals surface area contributed by atoms with Crippen molar-refractivity contribution in [3.8, 4) is 22.3 Å². The summed E-state index contributed by atoms with van der Waals surface area (Å²) in [7, 11) is 2.12. The second kappa shape index (κ2) is 13.3. The molecule has 5 heteroatoms. The molecule has 0 unspecified atom stereocenters. The highest BCUT2D eigenvalue weighted by atomic mass is 16.5. The minimum Gasteiger partial charge on any atom is -0.394 e. The van der Waals surface area contributed by atoms with Gasteiger partial charge >= 0.3 is 0 Å². The molecule has 0 fully saturated rings. The first kappa shape index (κ1) is 28.7. The second-order valence-electron chi connectivity index (χ2n) is 11.3. The molecule has 1 aliphatic heterocycles. The molecule has 1 N–H and O–H groups in total. The Bertz CT molecular complexity index is 1440. The fourth-order valence-corrected chi connectivity index (χ4v) is 5.67. The van der Waals surface area contributed by atoms with Gasteiger partial charge < -0.3 is 14.7 Å². The van der Waals surface area contributed by atoms with Gasteiger partial charge in [0.15, 0.2) is 0 Å². The molecule has 3 atom stereocenters. The standard InChI is InChI=1S/C36H40N2O3/c1-26-21-38(27(2)24-39)36(40)34-16-10-9-15-33(34)32-14-8-7-13-31(32)25-41-35(26)23-37(3)22-28-17-19-30(20-18-28)29-11-5-4-6-12-29/h4-20,26-27,35,39H,21-25H2,1-3H3/t26-,27+,35-/m0/s1. The van der Waals surface area contributed by atoms with E-state index < -0.39 is 0 Å². The van der Waals surface area contributed by atoms with Gasteiger partial charge in [-0.1, -0.05) is 104 Å². The van der Waals surface area contributed by atoms with Gasteiger partial charge in [0, 0.05) is 31.1 Å². The van der Waals surface area contributed by atoms with Gasteiger partial charge in [-0.3, -0.25) is 9.69 Å². The van der Waals surface area contributed by atoms with Crippen LogP contribution in [-0.4, -0.2) is 59.7 Å². The molecule has 4 aromatic rings. The van der Waals surface area contributed by atoms with Crippen LogP contribution in [0.25, 0.3) is 22.3 Å². The number of rotatable bonds is 7. The van der Waals surface area contributed by atoms with Crippen LogP contribution in [0.15, 0.2) is 103 Å². The predicted octanol–water partition coefficient (Wildman–Crippen LogP) is 6.51. The average molecular weight is 549 g/mol. The van der Waals surface area contributed by atoms with E-state index >= 15 is 0 Å². The number of benzene rings is 4. The van der Waals surface area contributed by atoms with E-state index in [4.69, 9.17) is 4.74 Å². The molecule has 1 heterocycles. The first-order valence-electron chi connectivity index (χ1n) is 14.5. The number of nitrogens with zero attached hydrogens (tertiary/aromatic N) is 2. The second-order valence-corrected chi connectivity index (χ2v) is 11.3. The molecule has 0 aliphatic carbocycles. The number of hydrogen-bond donors (Lipinski definition) is 1. The van der Waals surface area contributed by atoms with Crippen molar-refractivity contribution in [3.63, 3.8) is 0 Å². The zero-order valence-electron chi connectivity index (χ0n) is 24.2. The Labute approximate surface area is 244 Å². The lowest BCUT2D eigenvalue weighted by atomic mass is 9.94. The summed E-state index contributed by atoms with van der Waals surface area (Å²) in [5.74, 6) is -0.00963. The lowest BCUT2D eigenvalue weighted by Gasteiger charge is -2.35. The molecule has 212 valence electrons. The number of aliphatic hydroxyl groups excluding tert-OH is 1. The van der Waals surface area contributed by atoms with Crippen LogP contribution in [0.3, 0.4) is 0 Å². The third kappa shape index (κ3) is 6.76. The minimum absolute atomic E-state index is 0.0493. The summed E-state index contributed by atoms with van der Waals surface area (Å²) in [4.78, 5) is 18.1. The van der Waals surface area contributed by atoms with Crippen LogP contribution in [-0.2, 0) is 17.9 Å². The third-order valence-corrected chi connectivity index (χ3v) is 8.10. The van der Waals surface area contributed by atoms with Gasteiger partial charge in [-0.2, -0.15) is 0 Å². The molecule has 41 heavy (non-hydrogen) atoms. The largest absolute Gasteiger partial charge is 0.394 e. The fraction of sp³-hybridized carbons (Fsp3) is 0.306. The van der Waals surface area contributed by atoms with Crippen molar-refractivity contribution in [3.05, 3.63) is 120 Å². The molecule has 0 saturated carbocycles. The normalized spacial score (nSPS) is 18.4. The topological polar surface area (TPSA) is 53.0 Å². The maximum atomic E-state index is 14.0. The van der Waals surface area contributed by atoms with Gasteiger partial charge in [-0.15, -0.1) is 0 Å². The molecule has 0 spiro atoms. The number of carbonyl (C=O) groups excluding carboxylic acids is 1. The van der Waals surface area contributed by atoms with E-state index in [0.717, 1.165) is 23.2 Å². The number of aliphatic hydroxyl groups is 1. The lowest BCUT2D eigenvalue weighted by molar-refractivity contribution is -0.0241. The maximum absolute atomic E-state index is 14.0. The lowest BCUT2D eigenvalue weighted by Crippen LogP contribution is -2.47. The molecule has 0 radical (unpaired) electrons. The maximum Gasteiger partial charge on any atom is 0.254 e. The predicted molar refractivity (Wildman–Crippen MR) is 165 cm³/mol. The van der Waals surface area contributed by atoms with Crippen LogP contribution in [0.1, 0.15) is 35.3 Å². The number of hydrogen-bond acceptors (Lipinski definition) is 4. The summed E-state index contributed by atoms with van der Waals surface area (Å²) in [6.45, 7) is 6.42. The van der Waals surface area contributed by atoms with E-state index in [1.165, 1.54) is 16.7 Å². The average Bonchev–Trinajstić information content (AvgIpc) is 3.03. The molecular formula is C36H40N2O3. The summed E-state index contributed by atoms with van der Waals surface area (Å²) in [5.41, 5.74) is 7.28. The third-order valence-electron chi connectivity index (χ3n) is 8.10. The Hall–Kier alpha value is -3.77. The Kier molecular flexibility index (Phi) is 9.30. The quantitative estimate of drug-likeness (QED) is 0.286. The van der Waals surface area contributed by atoms with E-state index in [9.17, 15) is 9.90 Å². The number of carbonyl (C=O) groups is 1. The SMILES string of the molecule is C[C@H](CO)N1C[C@H](C)[C@H](CN(C)Cc2ccc(-c3ccccc3)cc2)OCc2ccccc2-c2ccccc2C1=O. The minimum atomic E-state index is -0.310. The van der Waals surface area contributed by atoms with Crippen LogP contribution in [0.2, 0.25) is 0 Å². The zero-order valence-corrected chi connectivity index (χ0v) is 24.2. The monoisotopic (exact) mass is 548 g/mol. The van der Waals surface area contributed by atoms with E-state index in [1.54, 1.807) is 0 Å². The van der Waals surface area contributed by atoms with Crippen molar-refractivity contribution in [1.82, 2.24) is 9.80 Å². The van der Waals surface area contributed by atoms with E-state index in [2.05, 4.69) is 79.5 Å². The Morgan fingerprint density at radius 2 is 1.46 bits per heavy atom. The van der Waals surface area contributed by atoms with Crippen molar-refractivity contribution in [1.29, 1.82) is 0 Å². The van der Waals surface area contributed by atoms with Crippen molar-refractivity contribution in [2.45, 2.75) is 39.1 Å². The molecule has 5 nitrogen and oxygen atoms in total. The highest BCUT2D eigenvalue weighted by molar-refractivity contribution is 6.01. The summed E-state index contributed by atoms with van der Waals surface area (Å²) in [6.07, 6.45) is -0.112.